The molecule has 0 spiro atoms. The highest BCUT2D eigenvalue weighted by molar-refractivity contribution is 5.86. The van der Waals surface area contributed by atoms with Gasteiger partial charge in [0.15, 0.2) is 0 Å². The molecule has 0 radical (unpaired) electrons. The zero-order valence-corrected chi connectivity index (χ0v) is 32.6. The predicted molar refractivity (Wildman–Crippen MR) is 210 cm³/mol. The van der Waals surface area contributed by atoms with Crippen molar-refractivity contribution >= 4 is 17.9 Å². The maximum atomic E-state index is 13.6. The van der Waals surface area contributed by atoms with E-state index in [1.807, 2.05) is 31.9 Å². The van der Waals surface area contributed by atoms with Crippen molar-refractivity contribution in [3.63, 3.8) is 0 Å². The fraction of sp³-hybridized carbons (Fsp3) is 0.500. The Labute approximate surface area is 319 Å². The highest BCUT2D eigenvalue weighted by Gasteiger charge is 2.40. The Morgan fingerprint density at radius 1 is 0.741 bits per heavy atom. The van der Waals surface area contributed by atoms with E-state index in [1.165, 1.54) is 7.05 Å². The molecule has 4 heterocycles. The first-order chi connectivity index (χ1) is 26.0. The Bertz CT molecular complexity index is 1880. The Balaban J connectivity index is 1.10. The largest absolute Gasteiger partial charge is 0.465 e. The predicted octanol–water partition coefficient (Wildman–Crippen LogP) is 7.61. The third-order valence-corrected chi connectivity index (χ3v) is 11.1. The van der Waals surface area contributed by atoms with Gasteiger partial charge in [-0.25, -0.2) is 14.8 Å². The molecule has 2 aliphatic heterocycles. The maximum absolute atomic E-state index is 13.6. The number of hydrogen-bond donors (Lipinski definition) is 3. The third kappa shape index (κ3) is 8.08. The molecule has 0 saturated carbocycles. The minimum Gasteiger partial charge on any atom is -0.465 e. The summed E-state index contributed by atoms with van der Waals surface area (Å²) in [4.78, 5) is 62.6. The molecule has 0 bridgehead atoms. The monoisotopic (exact) mass is 736 g/mol. The van der Waals surface area contributed by atoms with Crippen molar-refractivity contribution < 1.29 is 19.5 Å². The first-order valence-corrected chi connectivity index (χ1v) is 19.6. The van der Waals surface area contributed by atoms with Crippen molar-refractivity contribution in [2.24, 2.45) is 5.92 Å². The van der Waals surface area contributed by atoms with Crippen molar-refractivity contribution in [2.75, 3.05) is 33.2 Å². The van der Waals surface area contributed by atoms with Gasteiger partial charge in [0, 0.05) is 20.1 Å². The Kier molecular flexibility index (Phi) is 12.2. The van der Waals surface area contributed by atoms with Gasteiger partial charge >= 0.3 is 6.09 Å². The van der Waals surface area contributed by atoms with Gasteiger partial charge in [-0.3, -0.25) is 19.4 Å². The number of imidazole rings is 2. The Morgan fingerprint density at radius 3 is 1.57 bits per heavy atom. The number of H-pyrrole nitrogens is 2. The summed E-state index contributed by atoms with van der Waals surface area (Å²) in [5.41, 5.74) is 5.99. The summed E-state index contributed by atoms with van der Waals surface area (Å²) in [7, 11) is 1.46. The summed E-state index contributed by atoms with van der Waals surface area (Å²) in [5.74, 6) is 1.41. The second-order valence-electron chi connectivity index (χ2n) is 15.2. The van der Waals surface area contributed by atoms with Gasteiger partial charge in [0.05, 0.1) is 41.9 Å². The molecule has 6 rings (SSSR count). The fourth-order valence-electron chi connectivity index (χ4n) is 8.28. The number of likely N-dealkylation sites (tertiary alicyclic amines) is 2. The highest BCUT2D eigenvalue weighted by Crippen LogP contribution is 2.35. The first-order valence-electron chi connectivity index (χ1n) is 19.6. The lowest BCUT2D eigenvalue weighted by Gasteiger charge is -2.33. The number of benzene rings is 2. The SMILES string of the molecule is CCCN(CCC)[C@@H](C)C(=O)N1CCC[C@H]1c1ncc(-c2ccc(-c3ccc(-c4cnc([C@@H]5CCCN5C(=O)[C@H](C(C)C)N(C)C(=O)O)[nH]4)cc3)cc2)[nH]1. The average Bonchev–Trinajstić information content (AvgIpc) is 4.01. The number of aromatic amines is 2. The molecule has 288 valence electrons. The first kappa shape index (κ1) is 38.7. The van der Waals surface area contributed by atoms with Crippen LogP contribution in [0.15, 0.2) is 60.9 Å². The van der Waals surface area contributed by atoms with Gasteiger partial charge in [-0.1, -0.05) is 76.2 Å². The highest BCUT2D eigenvalue weighted by atomic mass is 16.4. The molecule has 2 fully saturated rings. The Morgan fingerprint density at radius 2 is 1.17 bits per heavy atom. The van der Waals surface area contributed by atoms with Crippen molar-refractivity contribution in [1.29, 1.82) is 0 Å². The van der Waals surface area contributed by atoms with Crippen LogP contribution in [0.1, 0.15) is 96.9 Å². The molecule has 4 atom stereocenters. The second-order valence-corrected chi connectivity index (χ2v) is 15.2. The molecule has 2 saturated heterocycles. The van der Waals surface area contributed by atoms with Crippen molar-refractivity contribution in [3.8, 4) is 33.6 Å². The summed E-state index contributed by atoms with van der Waals surface area (Å²) >= 11 is 0. The lowest BCUT2D eigenvalue weighted by atomic mass is 10.0. The number of likely N-dealkylation sites (N-methyl/N-ethyl adjacent to an activating group) is 1. The van der Waals surface area contributed by atoms with Gasteiger partial charge in [-0.2, -0.15) is 0 Å². The number of carboxylic acid groups (broad SMARTS) is 1. The van der Waals surface area contributed by atoms with E-state index >= 15 is 0 Å². The van der Waals surface area contributed by atoms with Gasteiger partial charge < -0.3 is 24.9 Å². The van der Waals surface area contributed by atoms with Crippen LogP contribution in [0.2, 0.25) is 0 Å². The number of carbonyl (C=O) groups is 3. The third-order valence-electron chi connectivity index (χ3n) is 11.1. The van der Waals surface area contributed by atoms with Crippen LogP contribution in [0.25, 0.3) is 33.6 Å². The number of hydrogen-bond acceptors (Lipinski definition) is 6. The molecule has 4 aromatic rings. The van der Waals surface area contributed by atoms with Crippen LogP contribution in [0.4, 0.5) is 4.79 Å². The van der Waals surface area contributed by atoms with E-state index < -0.39 is 12.1 Å². The van der Waals surface area contributed by atoms with E-state index in [-0.39, 0.29) is 35.9 Å². The van der Waals surface area contributed by atoms with Crippen LogP contribution in [0, 0.1) is 5.92 Å². The summed E-state index contributed by atoms with van der Waals surface area (Å²) in [5, 5.41) is 9.58. The quantitative estimate of drug-likeness (QED) is 0.121. The van der Waals surface area contributed by atoms with Gasteiger partial charge in [-0.05, 0) is 86.7 Å². The lowest BCUT2D eigenvalue weighted by Crippen LogP contribution is -2.51. The minimum atomic E-state index is -1.11. The normalized spacial score (nSPS) is 18.4. The standard InChI is InChI=1S/C42H56N8O4/c1-7-21-48(22-8-2)28(5)40(51)49-23-9-11-35(49)38-43-25-33(45-38)31-17-13-29(14-18-31)30-15-19-32(20-16-30)34-26-44-39(46-34)36-12-10-24-50(36)41(52)37(27(3)4)47(6)42(53)54/h13-20,25-28,35-37H,7-12,21-24H2,1-6H3,(H,43,45)(H,44,46)(H,53,54)/t28-,35-,36-,37-/m0/s1. The van der Waals surface area contributed by atoms with Crippen molar-refractivity contribution in [1.82, 2.24) is 39.5 Å². The molecule has 54 heavy (non-hydrogen) atoms. The van der Waals surface area contributed by atoms with Crippen LogP contribution in [0.5, 0.6) is 0 Å². The summed E-state index contributed by atoms with van der Waals surface area (Å²) in [6.07, 6.45) is 8.11. The van der Waals surface area contributed by atoms with Gasteiger partial charge in [0.2, 0.25) is 11.8 Å². The molecular formula is C42H56N8O4. The van der Waals surface area contributed by atoms with E-state index in [0.29, 0.717) is 12.4 Å². The molecule has 3 amide bonds. The molecule has 0 aliphatic carbocycles. The summed E-state index contributed by atoms with van der Waals surface area (Å²) < 4.78 is 0. The molecule has 12 heteroatoms. The number of nitrogens with one attached hydrogen (secondary N) is 2. The number of rotatable bonds is 14. The zero-order chi connectivity index (χ0) is 38.5. The minimum absolute atomic E-state index is 0.0369. The van der Waals surface area contributed by atoms with Crippen LogP contribution < -0.4 is 0 Å². The maximum Gasteiger partial charge on any atom is 0.407 e. The van der Waals surface area contributed by atoms with Crippen LogP contribution in [-0.4, -0.2) is 108 Å². The lowest BCUT2D eigenvalue weighted by molar-refractivity contribution is -0.139. The van der Waals surface area contributed by atoms with Gasteiger partial charge in [-0.15, -0.1) is 0 Å². The molecule has 12 nitrogen and oxygen atoms in total. The Hall–Kier alpha value is -4.97. The molecule has 2 aromatic carbocycles. The van der Waals surface area contributed by atoms with E-state index in [4.69, 9.17) is 4.98 Å². The zero-order valence-electron chi connectivity index (χ0n) is 32.6. The average molecular weight is 737 g/mol. The smallest absolute Gasteiger partial charge is 0.407 e. The number of amides is 3. The van der Waals surface area contributed by atoms with Gasteiger partial charge in [0.25, 0.3) is 0 Å². The van der Waals surface area contributed by atoms with Crippen LogP contribution in [-0.2, 0) is 9.59 Å². The fourth-order valence-corrected chi connectivity index (χ4v) is 8.28. The molecule has 2 aliphatic rings. The van der Waals surface area contributed by atoms with Crippen LogP contribution >= 0.6 is 0 Å². The number of aromatic nitrogens is 4. The van der Waals surface area contributed by atoms with E-state index in [0.717, 1.165) is 103 Å². The van der Waals surface area contributed by atoms with Crippen LogP contribution in [0.3, 0.4) is 0 Å². The molecule has 2 aromatic heterocycles. The van der Waals surface area contributed by atoms with E-state index in [9.17, 15) is 19.5 Å². The van der Waals surface area contributed by atoms with E-state index in [2.05, 4.69) is 82.2 Å². The topological polar surface area (TPSA) is 142 Å². The second kappa shape index (κ2) is 17.0. The van der Waals surface area contributed by atoms with Crippen molar-refractivity contribution in [3.05, 3.63) is 72.6 Å². The molecular weight excluding hydrogens is 681 g/mol. The van der Waals surface area contributed by atoms with Crippen molar-refractivity contribution in [2.45, 2.75) is 97.3 Å². The van der Waals surface area contributed by atoms with E-state index in [1.54, 1.807) is 11.1 Å². The summed E-state index contributed by atoms with van der Waals surface area (Å²) in [6, 6.07) is 15.6. The molecule has 0 unspecified atom stereocenters. The van der Waals surface area contributed by atoms with Gasteiger partial charge in [0.1, 0.15) is 17.7 Å². The number of carbonyl (C=O) groups excluding carboxylic acids is 2. The number of nitrogens with zero attached hydrogens (tertiary/aromatic N) is 6. The summed E-state index contributed by atoms with van der Waals surface area (Å²) in [6.45, 7) is 13.3. The molecule has 3 N–H and O–H groups in total.